The summed E-state index contributed by atoms with van der Waals surface area (Å²) in [7, 11) is 1.93. The Balaban J connectivity index is 0.000000123. The Morgan fingerprint density at radius 1 is 0.442 bits per heavy atom. The van der Waals surface area contributed by atoms with E-state index in [0.29, 0.717) is 146 Å². The molecular formula is C73H96F4N18O9. The van der Waals surface area contributed by atoms with Crippen LogP contribution in [0.4, 0.5) is 40.3 Å². The minimum Gasteiger partial charge on any atom is -0.393 e. The first-order valence-electron chi connectivity index (χ1n) is 36.3. The molecule has 12 heterocycles. The van der Waals surface area contributed by atoms with Crippen LogP contribution < -0.4 is 99.0 Å². The second-order valence-electron chi connectivity index (χ2n) is 31.1. The summed E-state index contributed by atoms with van der Waals surface area (Å²) >= 11 is 0. The Bertz CT molecular complexity index is 5340. The summed E-state index contributed by atoms with van der Waals surface area (Å²) in [6.07, 6.45) is 15.0. The summed E-state index contributed by atoms with van der Waals surface area (Å²) in [6, 6.07) is 0.325. The van der Waals surface area contributed by atoms with E-state index in [2.05, 4.69) is 26.1 Å². The fourth-order valence-corrected chi connectivity index (χ4v) is 17.2. The maximum atomic E-state index is 15.2. The van der Waals surface area contributed by atoms with Gasteiger partial charge in [-0.25, -0.2) is 36.7 Å². The van der Waals surface area contributed by atoms with Crippen LogP contribution in [0.15, 0.2) is 63.1 Å². The Morgan fingerprint density at radius 3 is 1.00 bits per heavy atom. The van der Waals surface area contributed by atoms with E-state index in [1.807, 2.05) is 33.6 Å². The first-order chi connectivity index (χ1) is 49.2. The number of nitrogens with zero attached hydrogens (tertiary/aromatic N) is 12. The number of aromatic nitrogens is 8. The second kappa shape index (κ2) is 27.3. The lowest BCUT2D eigenvalue weighted by Gasteiger charge is -2.28. The highest BCUT2D eigenvalue weighted by molar-refractivity contribution is 5.76. The highest BCUT2D eigenvalue weighted by Gasteiger charge is 2.44. The van der Waals surface area contributed by atoms with Gasteiger partial charge in [-0.05, 0) is 173 Å². The molecule has 4 unspecified atom stereocenters. The lowest BCUT2D eigenvalue weighted by atomic mass is 9.78. The lowest BCUT2D eigenvalue weighted by molar-refractivity contribution is 0.136. The molecule has 4 saturated carbocycles. The molecule has 0 amide bonds. The van der Waals surface area contributed by atoms with Crippen LogP contribution in [0.2, 0.25) is 0 Å². The first-order valence-corrected chi connectivity index (χ1v) is 36.3. The van der Waals surface area contributed by atoms with E-state index in [0.717, 1.165) is 114 Å². The van der Waals surface area contributed by atoms with Crippen molar-refractivity contribution in [1.29, 1.82) is 0 Å². The predicted molar refractivity (Wildman–Crippen MR) is 394 cm³/mol. The molecule has 8 aromatic rings. The molecule has 8 fully saturated rings. The van der Waals surface area contributed by atoms with Crippen molar-refractivity contribution < 1.29 is 22.7 Å². The summed E-state index contributed by atoms with van der Waals surface area (Å²) < 4.78 is 66.9. The minimum atomic E-state index is -0.744. The number of nitrogens with one attached hydrogen (secondary N) is 1. The molecule has 4 saturated heterocycles. The SMILES string of the molecule is CN[C@@H](C)[C@@H]1CCN(c2c(F)cn3c(=O)n(N)c(=O)c(C4CC4)c3c2C)C1.Cc1c(N2CC(C(C)N)C(C)(C)C2)c(F)cn2c(=O)n(N)c(=O)c(C3CC3)c12.Cc1c(N2CCC(C(C)O)C2)c(F)cn2c(=O)n(N)c(=O)c(C3CC3)c12.Cc1c(N2CCCC2)c(F)cn2c(=O)n(N)c(=O)c(C3CC3)c12. The zero-order valence-electron chi connectivity index (χ0n) is 60.7. The van der Waals surface area contributed by atoms with Crippen LogP contribution in [0, 0.1) is 74.1 Å². The molecule has 8 aliphatic rings. The van der Waals surface area contributed by atoms with Gasteiger partial charge in [0.1, 0.15) is 0 Å². The molecule has 31 heteroatoms. The molecule has 0 spiro atoms. The highest BCUT2D eigenvalue weighted by atomic mass is 19.1. The largest absolute Gasteiger partial charge is 0.393 e. The van der Waals surface area contributed by atoms with Crippen molar-refractivity contribution in [2.24, 2.45) is 28.9 Å². The molecule has 104 heavy (non-hydrogen) atoms. The molecule has 6 atom stereocenters. The Hall–Kier alpha value is -9.36. The monoisotopic (exact) mass is 1440 g/mol. The zero-order valence-corrected chi connectivity index (χ0v) is 60.7. The van der Waals surface area contributed by atoms with Crippen molar-refractivity contribution in [3.8, 4) is 0 Å². The third-order valence-corrected chi connectivity index (χ3v) is 23.4. The molecule has 8 aromatic heterocycles. The fourth-order valence-electron chi connectivity index (χ4n) is 17.2. The van der Waals surface area contributed by atoms with E-state index in [1.165, 1.54) is 31.8 Å². The first kappa shape index (κ1) is 73.0. The summed E-state index contributed by atoms with van der Waals surface area (Å²) in [4.78, 5) is 108. The Kier molecular flexibility index (Phi) is 19.1. The lowest BCUT2D eigenvalue weighted by Crippen LogP contribution is -2.44. The van der Waals surface area contributed by atoms with Crippen LogP contribution >= 0.6 is 0 Å². The highest BCUT2D eigenvalue weighted by Crippen LogP contribution is 2.48. The quantitative estimate of drug-likeness (QED) is 0.0670. The van der Waals surface area contributed by atoms with Crippen molar-refractivity contribution in [2.75, 3.05) is 102 Å². The molecule has 16 rings (SSSR count). The van der Waals surface area contributed by atoms with Crippen LogP contribution in [0.3, 0.4) is 0 Å². The van der Waals surface area contributed by atoms with Crippen LogP contribution in [0.25, 0.3) is 22.1 Å². The molecule has 0 bridgehead atoms. The van der Waals surface area contributed by atoms with E-state index < -0.39 is 74.4 Å². The van der Waals surface area contributed by atoms with E-state index in [1.54, 1.807) is 34.6 Å². The van der Waals surface area contributed by atoms with Gasteiger partial charge in [0.05, 0.1) is 75.7 Å². The number of hydrogen-bond acceptors (Lipinski definition) is 19. The van der Waals surface area contributed by atoms with Crippen molar-refractivity contribution in [3.05, 3.63) is 176 Å². The van der Waals surface area contributed by atoms with Crippen molar-refractivity contribution in [2.45, 2.75) is 181 Å². The van der Waals surface area contributed by atoms with Gasteiger partial charge in [0, 0.05) is 115 Å². The number of hydrogen-bond donors (Lipinski definition) is 7. The predicted octanol–water partition coefficient (Wildman–Crippen LogP) is 4.05. The maximum absolute atomic E-state index is 15.2. The number of aryl methyl sites for hydroxylation is 4. The zero-order chi connectivity index (χ0) is 75.0. The summed E-state index contributed by atoms with van der Waals surface area (Å²) in [5.41, 5.74) is 9.80. The molecule has 0 aromatic carbocycles. The topological polar surface area (TPSA) is 349 Å². The van der Waals surface area contributed by atoms with E-state index in [9.17, 15) is 52.2 Å². The van der Waals surface area contributed by atoms with E-state index >= 15 is 8.78 Å². The van der Waals surface area contributed by atoms with Gasteiger partial charge in [0.25, 0.3) is 22.2 Å². The molecular weight excluding hydrogens is 1350 g/mol. The van der Waals surface area contributed by atoms with Gasteiger partial charge in [-0.1, -0.05) is 13.8 Å². The van der Waals surface area contributed by atoms with E-state index in [4.69, 9.17) is 29.1 Å². The van der Waals surface area contributed by atoms with Crippen LogP contribution in [0.1, 0.15) is 180 Å². The average molecular weight is 1450 g/mol. The van der Waals surface area contributed by atoms with Gasteiger partial charge in [0.2, 0.25) is 0 Å². The molecule has 27 nitrogen and oxygen atoms in total. The number of halogens is 4. The second-order valence-corrected chi connectivity index (χ2v) is 31.1. The standard InChI is InChI=1S/C20H28FN5O2.C19H26FN5O2.C18H23FN4O3.C16H19FN4O2/c1-10-16(24-7-13(11(2)22)20(3,4)9-24)14(21)8-25-17(10)15(12-5-6-12)18(27)26(23)19(25)28;1-10-16(23-7-6-13(8-23)11(2)22-3)14(20)9-24-17(10)15(12-4-5-12)18(26)25(21)19(24)27;1-9-15(21-6-5-12(7-21)10(2)24)13(19)8-22-16(9)14(11-3-4-11)17(25)23(20)18(22)26;1-9-13(19-6-2-3-7-19)11(17)8-20-14(9)12(10-4-5-10)15(22)21(18)16(20)23/h8,11-13H,5-7,9,22-23H2,1-4H3;9,11-13,22H,4-8,21H2,1-3H3;8,10-12,24H,3-7,20H2,1-2H3;8,10H,2-7,18H2,1H3/t;11-,13+;;/m.0../s1. The number of rotatable bonds is 12. The van der Waals surface area contributed by atoms with Crippen LogP contribution in [0.5, 0.6) is 0 Å². The smallest absolute Gasteiger partial charge is 0.354 e. The van der Waals surface area contributed by atoms with Crippen molar-refractivity contribution in [3.63, 3.8) is 0 Å². The fraction of sp³-hybridized carbons (Fsp3) is 0.562. The van der Waals surface area contributed by atoms with Crippen LogP contribution in [-0.2, 0) is 0 Å². The Labute approximate surface area is 595 Å². The van der Waals surface area contributed by atoms with Gasteiger partial charge in [0.15, 0.2) is 23.3 Å². The number of fused-ring (bicyclic) bond motifs is 4. The summed E-state index contributed by atoms with van der Waals surface area (Å²) in [5.74, 6) is 21.7. The summed E-state index contributed by atoms with van der Waals surface area (Å²) in [6.45, 7) is 22.8. The van der Waals surface area contributed by atoms with Crippen molar-refractivity contribution in [1.82, 2.24) is 41.6 Å². The minimum absolute atomic E-state index is 0.0158. The number of anilines is 4. The van der Waals surface area contributed by atoms with Crippen LogP contribution in [-0.4, -0.2) is 119 Å². The molecule has 4 aliphatic carbocycles. The third-order valence-electron chi connectivity index (χ3n) is 23.4. The Morgan fingerprint density at radius 2 is 0.731 bits per heavy atom. The van der Waals surface area contributed by atoms with Gasteiger partial charge < -0.3 is 59.1 Å². The average Bonchev–Trinajstić information content (AvgIpc) is 1.59. The molecule has 4 aliphatic heterocycles. The normalized spacial score (nSPS) is 21.0. The number of pyridine rings is 4. The van der Waals surface area contributed by atoms with Crippen molar-refractivity contribution >= 4 is 44.8 Å². The third kappa shape index (κ3) is 12.6. The molecule has 12 N–H and O–H groups in total. The number of aliphatic hydroxyl groups is 1. The molecule has 0 radical (unpaired) electrons. The number of nitrogen functional groups attached to an aromatic ring is 4. The van der Waals surface area contributed by atoms with Gasteiger partial charge >= 0.3 is 22.8 Å². The summed E-state index contributed by atoms with van der Waals surface area (Å²) in [5, 5.41) is 13.1. The number of nitrogens with two attached hydrogens (primary N) is 5. The maximum Gasteiger partial charge on any atom is 0.354 e. The molecule has 560 valence electrons. The van der Waals surface area contributed by atoms with E-state index in [-0.39, 0.29) is 47.0 Å². The van der Waals surface area contributed by atoms with Gasteiger partial charge in [-0.2, -0.15) is 18.7 Å². The number of aliphatic hydroxyl groups excluding tert-OH is 1. The van der Waals surface area contributed by atoms with Gasteiger partial charge in [-0.3, -0.25) is 36.8 Å². The van der Waals surface area contributed by atoms with Gasteiger partial charge in [-0.15, -0.1) is 0 Å².